The fraction of sp³-hybridized carbons (Fsp3) is 1.00. The molecule has 0 spiro atoms. The maximum absolute atomic E-state index is 2.35. The van der Waals surface area contributed by atoms with E-state index >= 15 is 0 Å². The Balaban J connectivity index is 2.95. The summed E-state index contributed by atoms with van der Waals surface area (Å²) in [5.74, 6) is 0. The summed E-state index contributed by atoms with van der Waals surface area (Å²) in [5.41, 5.74) is 0. The monoisotopic (exact) mass is 126 g/mol. The molecule has 1 heteroatoms. The normalized spacial score (nSPS) is 10.0. The molecule has 0 heterocycles. The predicted molar refractivity (Wildman–Crippen MR) is 35.9 cm³/mol. The van der Waals surface area contributed by atoms with E-state index in [2.05, 4.69) is 27.7 Å². The van der Waals surface area contributed by atoms with Gasteiger partial charge in [-0.25, -0.2) is 0 Å². The van der Waals surface area contributed by atoms with Crippen molar-refractivity contribution >= 4 is 33.8 Å². The van der Waals surface area contributed by atoms with Gasteiger partial charge in [0.2, 0.25) is 0 Å². The van der Waals surface area contributed by atoms with Gasteiger partial charge in [-0.05, 0) is 0 Å². The van der Waals surface area contributed by atoms with Gasteiger partial charge in [0.05, 0.1) is 0 Å². The van der Waals surface area contributed by atoms with Gasteiger partial charge in [-0.15, -0.1) is 0 Å². The summed E-state index contributed by atoms with van der Waals surface area (Å²) in [5, 5.41) is 0. The molecule has 0 aliphatic rings. The molecule has 0 aliphatic heterocycles. The average Bonchev–Trinajstić information content (AvgIpc) is 1.27. The summed E-state index contributed by atoms with van der Waals surface area (Å²) in [6.45, 7) is 9.39. The molecule has 0 fully saturated rings. The topological polar surface area (TPSA) is 0 Å². The van der Waals surface area contributed by atoms with Crippen LogP contribution in [-0.2, 0) is 0 Å². The van der Waals surface area contributed by atoms with Crippen molar-refractivity contribution in [2.45, 2.75) is 31.7 Å². The van der Waals surface area contributed by atoms with Crippen molar-refractivity contribution in [3.05, 3.63) is 0 Å². The molecule has 0 saturated heterocycles. The Morgan fingerprint density at radius 2 is 1.14 bits per heavy atom. The van der Waals surface area contributed by atoms with Crippen LogP contribution in [0.5, 0.6) is 0 Å². The summed E-state index contributed by atoms with van der Waals surface area (Å²) < 4.78 is 2.12. The van der Waals surface area contributed by atoms with E-state index in [0.29, 0.717) is 0 Å². The summed E-state index contributed by atoms with van der Waals surface area (Å²) in [7, 11) is 0. The van der Waals surface area contributed by atoms with Crippen molar-refractivity contribution in [3.8, 4) is 0 Å². The first-order chi connectivity index (χ1) is 3.13. The summed E-state index contributed by atoms with van der Waals surface area (Å²) in [6, 6.07) is 0. The van der Waals surface area contributed by atoms with E-state index in [-0.39, 0.29) is 33.8 Å². The molecule has 0 atom stereocenters. The van der Waals surface area contributed by atoms with Crippen LogP contribution in [0.25, 0.3) is 0 Å². The maximum atomic E-state index is 2.35. The number of hydrogen-bond donors (Lipinski definition) is 0. The van der Waals surface area contributed by atoms with Gasteiger partial charge in [-0.3, -0.25) is 0 Å². The van der Waals surface area contributed by atoms with Gasteiger partial charge in [0.1, 0.15) is 0 Å². The second-order valence-corrected chi connectivity index (χ2v) is 8.86. The third kappa shape index (κ3) is 7.26. The SMILES string of the molecule is C[CH](C)[Ca][CH](C)C. The Bertz CT molecular complexity index is 33.4. The van der Waals surface area contributed by atoms with Gasteiger partial charge < -0.3 is 0 Å². The van der Waals surface area contributed by atoms with Crippen molar-refractivity contribution < 1.29 is 0 Å². The van der Waals surface area contributed by atoms with Gasteiger partial charge in [-0.2, -0.15) is 0 Å². The van der Waals surface area contributed by atoms with Gasteiger partial charge >= 0.3 is 65.6 Å². The van der Waals surface area contributed by atoms with Crippen LogP contribution in [0.1, 0.15) is 27.7 Å². The van der Waals surface area contributed by atoms with Crippen LogP contribution in [0.2, 0.25) is 4.03 Å². The Hall–Kier alpha value is 1.26. The Morgan fingerprint density at radius 3 is 1.14 bits per heavy atom. The predicted octanol–water partition coefficient (Wildman–Crippen LogP) is 2.35. The van der Waals surface area contributed by atoms with Gasteiger partial charge in [0.25, 0.3) is 0 Å². The molecular weight excluding hydrogens is 112 g/mol. The van der Waals surface area contributed by atoms with Crippen LogP contribution >= 0.6 is 0 Å². The second-order valence-electron chi connectivity index (χ2n) is 3.02. The minimum atomic E-state index is -0.0972. The number of hydrogen-bond acceptors (Lipinski definition) is 0. The molecule has 0 aromatic carbocycles. The first kappa shape index (κ1) is 8.26. The average molecular weight is 126 g/mol. The van der Waals surface area contributed by atoms with E-state index in [9.17, 15) is 0 Å². The zero-order valence-electron chi connectivity index (χ0n) is 5.86. The summed E-state index contributed by atoms with van der Waals surface area (Å²) >= 11 is -0.0972. The minimum absolute atomic E-state index is 0.0972. The molecule has 0 bridgehead atoms. The van der Waals surface area contributed by atoms with Crippen LogP contribution in [0.3, 0.4) is 0 Å². The first-order valence-corrected chi connectivity index (χ1v) is 5.68. The molecule has 7 heavy (non-hydrogen) atoms. The molecule has 0 aromatic rings. The van der Waals surface area contributed by atoms with Crippen LogP contribution < -0.4 is 0 Å². The van der Waals surface area contributed by atoms with Crippen molar-refractivity contribution in [2.75, 3.05) is 0 Å². The van der Waals surface area contributed by atoms with Crippen LogP contribution in [0.15, 0.2) is 0 Å². The van der Waals surface area contributed by atoms with E-state index < -0.39 is 0 Å². The molecule has 0 nitrogen and oxygen atoms in total. The fourth-order valence-corrected chi connectivity index (χ4v) is 3.89. The van der Waals surface area contributed by atoms with E-state index in [1.807, 2.05) is 0 Å². The van der Waals surface area contributed by atoms with Gasteiger partial charge in [-0.1, -0.05) is 0 Å². The molecule has 0 radical (unpaired) electrons. The molecular formula is C6H14Ca. The third-order valence-corrected chi connectivity index (χ3v) is 3.89. The molecule has 0 aliphatic carbocycles. The molecule has 0 aromatic heterocycles. The van der Waals surface area contributed by atoms with Crippen LogP contribution in [0.4, 0.5) is 0 Å². The molecule has 40 valence electrons. The molecule has 0 saturated carbocycles. The van der Waals surface area contributed by atoms with E-state index in [4.69, 9.17) is 0 Å². The van der Waals surface area contributed by atoms with Crippen molar-refractivity contribution in [3.63, 3.8) is 0 Å². The quantitative estimate of drug-likeness (QED) is 0.498. The Labute approximate surface area is 65.0 Å². The van der Waals surface area contributed by atoms with Crippen molar-refractivity contribution in [1.29, 1.82) is 0 Å². The van der Waals surface area contributed by atoms with Gasteiger partial charge in [0, 0.05) is 0 Å². The van der Waals surface area contributed by atoms with Gasteiger partial charge in [0.15, 0.2) is 0 Å². The van der Waals surface area contributed by atoms with E-state index in [1.54, 1.807) is 0 Å². The summed E-state index contributed by atoms with van der Waals surface area (Å²) in [4.78, 5) is 0. The standard InChI is InChI=1S/2C3H7.Ca/c2*1-3-2;/h2*3H,1-2H3;. The third-order valence-electron chi connectivity index (χ3n) is 0.943. The zero-order valence-corrected chi connectivity index (χ0v) is 8.07. The molecule has 0 amide bonds. The fourth-order valence-electron chi connectivity index (χ4n) is 0.943. The van der Waals surface area contributed by atoms with Crippen LogP contribution in [-0.4, -0.2) is 33.8 Å². The Morgan fingerprint density at radius 1 is 0.857 bits per heavy atom. The van der Waals surface area contributed by atoms with Crippen molar-refractivity contribution in [1.82, 2.24) is 0 Å². The summed E-state index contributed by atoms with van der Waals surface area (Å²) in [6.07, 6.45) is 0. The van der Waals surface area contributed by atoms with E-state index in [0.717, 1.165) is 4.03 Å². The van der Waals surface area contributed by atoms with Crippen molar-refractivity contribution in [2.24, 2.45) is 0 Å². The molecule has 0 N–H and O–H groups in total. The molecule has 0 unspecified atom stereocenters. The van der Waals surface area contributed by atoms with Crippen LogP contribution in [0, 0.1) is 0 Å². The zero-order chi connectivity index (χ0) is 5.86. The number of rotatable bonds is 2. The van der Waals surface area contributed by atoms with E-state index in [1.165, 1.54) is 0 Å². The molecule has 0 rings (SSSR count). The Kier molecular flexibility index (Phi) is 4.92. The first-order valence-electron chi connectivity index (χ1n) is 3.13. The second kappa shape index (κ2) is 4.17.